The molecule has 10 heteroatoms. The molecule has 2 aromatic carbocycles. The Balaban J connectivity index is 1.55. The largest absolute Gasteiger partial charge is 0.352 e. The zero-order valence-corrected chi connectivity index (χ0v) is 19.0. The van der Waals surface area contributed by atoms with Crippen LogP contribution in [-0.4, -0.2) is 49.7 Å². The van der Waals surface area contributed by atoms with E-state index in [9.17, 15) is 9.59 Å². The number of nitrogens with one attached hydrogen (secondary N) is 1. The number of halogens is 1. The lowest BCUT2D eigenvalue weighted by Crippen LogP contribution is -2.33. The van der Waals surface area contributed by atoms with Crippen LogP contribution < -0.4 is 15.9 Å². The van der Waals surface area contributed by atoms with E-state index in [2.05, 4.69) is 15.3 Å². The first-order valence-electron chi connectivity index (χ1n) is 10.3. The molecule has 0 saturated carbocycles. The minimum Gasteiger partial charge on any atom is -0.352 e. The number of nitrogens with zero attached hydrogens (tertiary/aromatic N) is 5. The van der Waals surface area contributed by atoms with Gasteiger partial charge in [-0.15, -0.1) is 5.10 Å². The van der Waals surface area contributed by atoms with Crippen molar-refractivity contribution in [3.05, 3.63) is 63.5 Å². The number of hydrogen-bond acceptors (Lipinski definition) is 6. The van der Waals surface area contributed by atoms with Crippen LogP contribution in [0.5, 0.6) is 0 Å². The number of anilines is 2. The van der Waals surface area contributed by atoms with Crippen LogP contribution >= 0.6 is 23.4 Å². The smallest absolute Gasteiger partial charge is 0.351 e. The Morgan fingerprint density at radius 3 is 2.75 bits per heavy atom. The van der Waals surface area contributed by atoms with Gasteiger partial charge >= 0.3 is 5.69 Å². The average molecular weight is 469 g/mol. The summed E-state index contributed by atoms with van der Waals surface area (Å²) in [4.78, 5) is 32.9. The van der Waals surface area contributed by atoms with E-state index in [0.717, 1.165) is 30.2 Å². The van der Waals surface area contributed by atoms with Crippen molar-refractivity contribution in [1.82, 2.24) is 19.2 Å². The number of benzene rings is 2. The number of thioether (sulfide) groups is 1. The van der Waals surface area contributed by atoms with Gasteiger partial charge in [0.15, 0.2) is 5.82 Å². The fourth-order valence-electron chi connectivity index (χ4n) is 3.82. The third-order valence-electron chi connectivity index (χ3n) is 5.39. The maximum absolute atomic E-state index is 13.3. The number of fused-ring (bicyclic) bond motifs is 3. The summed E-state index contributed by atoms with van der Waals surface area (Å²) in [6.45, 7) is 3.36. The lowest BCUT2D eigenvalue weighted by atomic mass is 10.2. The average Bonchev–Trinajstić information content (AvgIpc) is 3.12. The van der Waals surface area contributed by atoms with E-state index in [1.807, 2.05) is 49.0 Å². The molecular formula is C22H21ClN6O2S. The van der Waals surface area contributed by atoms with E-state index in [-0.39, 0.29) is 18.1 Å². The second-order valence-electron chi connectivity index (χ2n) is 7.65. The first-order valence-corrected chi connectivity index (χ1v) is 11.8. The molecule has 1 saturated heterocycles. The molecule has 1 aliphatic rings. The molecule has 5 rings (SSSR count). The van der Waals surface area contributed by atoms with Gasteiger partial charge in [-0.3, -0.25) is 4.79 Å². The Kier molecular flexibility index (Phi) is 5.52. The van der Waals surface area contributed by atoms with Gasteiger partial charge in [0.25, 0.3) is 0 Å². The second-order valence-corrected chi connectivity index (χ2v) is 9.29. The maximum Gasteiger partial charge on any atom is 0.351 e. The standard InChI is InChI=1S/C22H21ClN6O2S/c1-14-6-7-16(15(23)12-14)24-19(30)13-28-22(31)29-18-5-3-2-4-17(18)25-20(21(29)26-28)27-8-10-32-11-9-27/h2-7,12H,8-11,13H2,1H3,(H,24,30). The number of para-hydroxylation sites is 2. The Labute approximate surface area is 193 Å². The molecule has 1 aliphatic heterocycles. The predicted octanol–water partition coefficient (Wildman–Crippen LogP) is 3.20. The predicted molar refractivity (Wildman–Crippen MR) is 129 cm³/mol. The van der Waals surface area contributed by atoms with Crippen molar-refractivity contribution in [3.63, 3.8) is 0 Å². The summed E-state index contributed by atoms with van der Waals surface area (Å²) in [6, 6.07) is 12.8. The normalized spacial score (nSPS) is 14.2. The molecule has 0 aliphatic carbocycles. The van der Waals surface area contributed by atoms with Crippen LogP contribution in [-0.2, 0) is 11.3 Å². The Bertz CT molecular complexity index is 1390. The molecule has 1 fully saturated rings. The third-order valence-corrected chi connectivity index (χ3v) is 6.65. The number of aromatic nitrogens is 4. The highest BCUT2D eigenvalue weighted by atomic mass is 35.5. The van der Waals surface area contributed by atoms with Gasteiger partial charge in [0.1, 0.15) is 6.54 Å². The van der Waals surface area contributed by atoms with Gasteiger partial charge < -0.3 is 10.2 Å². The van der Waals surface area contributed by atoms with Crippen LogP contribution in [0.15, 0.2) is 47.3 Å². The van der Waals surface area contributed by atoms with Crippen LogP contribution in [0, 0.1) is 6.92 Å². The summed E-state index contributed by atoms with van der Waals surface area (Å²) in [5.74, 6) is 2.27. The van der Waals surface area contributed by atoms with Crippen LogP contribution in [0.3, 0.4) is 0 Å². The first-order chi connectivity index (χ1) is 15.5. The SMILES string of the molecule is Cc1ccc(NC(=O)Cn2nc3c(N4CCSCC4)nc4ccccc4n3c2=O)c(Cl)c1. The van der Waals surface area contributed by atoms with Crippen LogP contribution in [0.25, 0.3) is 16.7 Å². The van der Waals surface area contributed by atoms with E-state index >= 15 is 0 Å². The van der Waals surface area contributed by atoms with E-state index in [1.54, 1.807) is 16.5 Å². The van der Waals surface area contributed by atoms with Crippen molar-refractivity contribution in [2.75, 3.05) is 34.8 Å². The fraction of sp³-hybridized carbons (Fsp3) is 0.273. The van der Waals surface area contributed by atoms with Gasteiger partial charge in [0.05, 0.1) is 21.7 Å². The van der Waals surface area contributed by atoms with Gasteiger partial charge in [-0.2, -0.15) is 11.8 Å². The summed E-state index contributed by atoms with van der Waals surface area (Å²) >= 11 is 8.12. The first kappa shape index (κ1) is 20.8. The number of amides is 1. The zero-order chi connectivity index (χ0) is 22.2. The Hall–Kier alpha value is -3.04. The number of carbonyl (C=O) groups is 1. The van der Waals surface area contributed by atoms with E-state index in [4.69, 9.17) is 16.6 Å². The van der Waals surface area contributed by atoms with Crippen molar-refractivity contribution < 1.29 is 4.79 Å². The van der Waals surface area contributed by atoms with Crippen molar-refractivity contribution in [3.8, 4) is 0 Å². The zero-order valence-electron chi connectivity index (χ0n) is 17.4. The summed E-state index contributed by atoms with van der Waals surface area (Å²) in [5, 5.41) is 7.73. The molecule has 0 spiro atoms. The van der Waals surface area contributed by atoms with Gasteiger partial charge in [0, 0.05) is 24.6 Å². The van der Waals surface area contributed by atoms with E-state index in [0.29, 0.717) is 33.2 Å². The molecule has 0 bridgehead atoms. The molecule has 0 radical (unpaired) electrons. The van der Waals surface area contributed by atoms with Crippen LogP contribution in [0.4, 0.5) is 11.5 Å². The van der Waals surface area contributed by atoms with Crippen molar-refractivity contribution >= 4 is 57.5 Å². The number of carbonyl (C=O) groups excluding carboxylic acids is 1. The highest BCUT2D eigenvalue weighted by molar-refractivity contribution is 7.99. The lowest BCUT2D eigenvalue weighted by Gasteiger charge is -2.27. The van der Waals surface area contributed by atoms with Gasteiger partial charge in [-0.05, 0) is 36.8 Å². The van der Waals surface area contributed by atoms with Crippen molar-refractivity contribution in [2.45, 2.75) is 13.5 Å². The van der Waals surface area contributed by atoms with Gasteiger partial charge in [-0.25, -0.2) is 18.9 Å². The van der Waals surface area contributed by atoms with E-state index in [1.165, 1.54) is 4.68 Å². The highest BCUT2D eigenvalue weighted by Gasteiger charge is 2.22. The van der Waals surface area contributed by atoms with Crippen LogP contribution in [0.1, 0.15) is 5.56 Å². The number of hydrogen-bond donors (Lipinski definition) is 1. The second kappa shape index (κ2) is 8.48. The quantitative estimate of drug-likeness (QED) is 0.495. The Morgan fingerprint density at radius 2 is 1.97 bits per heavy atom. The molecule has 0 unspecified atom stereocenters. The lowest BCUT2D eigenvalue weighted by molar-refractivity contribution is -0.117. The third kappa shape index (κ3) is 3.82. The topological polar surface area (TPSA) is 84.5 Å². The minimum absolute atomic E-state index is 0.228. The maximum atomic E-state index is 13.3. The molecule has 164 valence electrons. The van der Waals surface area contributed by atoms with Crippen LogP contribution in [0.2, 0.25) is 5.02 Å². The molecule has 8 nitrogen and oxygen atoms in total. The molecule has 4 aromatic rings. The highest BCUT2D eigenvalue weighted by Crippen LogP contribution is 2.25. The monoisotopic (exact) mass is 468 g/mol. The molecule has 3 heterocycles. The number of rotatable bonds is 4. The molecule has 32 heavy (non-hydrogen) atoms. The summed E-state index contributed by atoms with van der Waals surface area (Å²) in [7, 11) is 0. The molecule has 0 atom stereocenters. The Morgan fingerprint density at radius 1 is 1.19 bits per heavy atom. The molecular weight excluding hydrogens is 448 g/mol. The molecule has 1 N–H and O–H groups in total. The number of aryl methyl sites for hydroxylation is 1. The minimum atomic E-state index is -0.380. The van der Waals surface area contributed by atoms with Crippen molar-refractivity contribution in [1.29, 1.82) is 0 Å². The molecule has 1 amide bonds. The fourth-order valence-corrected chi connectivity index (χ4v) is 5.00. The van der Waals surface area contributed by atoms with Gasteiger partial charge in [0.2, 0.25) is 11.6 Å². The summed E-state index contributed by atoms with van der Waals surface area (Å²) in [5.41, 5.74) is 2.95. The molecule has 2 aromatic heterocycles. The summed E-state index contributed by atoms with van der Waals surface area (Å²) < 4.78 is 2.73. The van der Waals surface area contributed by atoms with Crippen molar-refractivity contribution in [2.24, 2.45) is 0 Å². The summed E-state index contributed by atoms with van der Waals surface area (Å²) in [6.07, 6.45) is 0. The van der Waals surface area contributed by atoms with Gasteiger partial charge in [-0.1, -0.05) is 29.8 Å². The van der Waals surface area contributed by atoms with E-state index < -0.39 is 0 Å².